The minimum atomic E-state index is -0.476. The standard InChI is InChI=1S/C35H33N3O4/c1-3-4-20-31(39)37-23(2)21-30(26-16-8-9-19-29(26)37)38(25-14-6-5-7-15-25)32(40)22-36-34(41)27-17-10-12-24-13-11-18-28(33(24)27)35(36)42/h5-19,23,30H,3-4,20-22H2,1-2H3/t23-,30-/m0/s1. The Morgan fingerprint density at radius 2 is 1.48 bits per heavy atom. The highest BCUT2D eigenvalue weighted by Crippen LogP contribution is 2.43. The van der Waals surface area contributed by atoms with Crippen molar-refractivity contribution >= 4 is 45.8 Å². The molecule has 4 aromatic rings. The van der Waals surface area contributed by atoms with Crippen molar-refractivity contribution in [2.24, 2.45) is 0 Å². The molecule has 0 saturated carbocycles. The van der Waals surface area contributed by atoms with E-state index in [4.69, 9.17) is 0 Å². The molecule has 0 N–H and O–H groups in total. The van der Waals surface area contributed by atoms with E-state index >= 15 is 0 Å². The third-order valence-electron chi connectivity index (χ3n) is 8.34. The highest BCUT2D eigenvalue weighted by atomic mass is 16.2. The van der Waals surface area contributed by atoms with E-state index in [1.54, 1.807) is 29.2 Å². The lowest BCUT2D eigenvalue weighted by atomic mass is 9.89. The molecular weight excluding hydrogens is 526 g/mol. The molecular formula is C35H33N3O4. The Balaban J connectivity index is 1.38. The fraction of sp³-hybridized carbons (Fsp3) is 0.257. The summed E-state index contributed by atoms with van der Waals surface area (Å²) in [5.74, 6) is -1.25. The summed E-state index contributed by atoms with van der Waals surface area (Å²) in [7, 11) is 0. The molecule has 2 aliphatic heterocycles. The summed E-state index contributed by atoms with van der Waals surface area (Å²) in [5, 5.41) is 1.44. The number of nitrogens with zero attached hydrogens (tertiary/aromatic N) is 3. The first kappa shape index (κ1) is 27.4. The van der Waals surface area contributed by atoms with Crippen LogP contribution in [0, 0.1) is 0 Å². The third kappa shape index (κ3) is 4.65. The first-order valence-corrected chi connectivity index (χ1v) is 14.6. The number of hydrogen-bond donors (Lipinski definition) is 0. The molecule has 2 atom stereocenters. The molecule has 0 unspecified atom stereocenters. The summed E-state index contributed by atoms with van der Waals surface area (Å²) in [6, 6.07) is 27.2. The van der Waals surface area contributed by atoms with Crippen molar-refractivity contribution in [2.45, 2.75) is 51.6 Å². The smallest absolute Gasteiger partial charge is 0.261 e. The molecule has 2 heterocycles. The Morgan fingerprint density at radius 1 is 0.833 bits per heavy atom. The van der Waals surface area contributed by atoms with E-state index in [1.807, 2.05) is 78.6 Å². The van der Waals surface area contributed by atoms with Gasteiger partial charge < -0.3 is 9.80 Å². The number of fused-ring (bicyclic) bond motifs is 1. The van der Waals surface area contributed by atoms with Gasteiger partial charge in [-0.25, -0.2) is 0 Å². The maximum Gasteiger partial charge on any atom is 0.261 e. The summed E-state index contributed by atoms with van der Waals surface area (Å²) in [5.41, 5.74) is 3.16. The second-order valence-electron chi connectivity index (χ2n) is 11.0. The summed E-state index contributed by atoms with van der Waals surface area (Å²) < 4.78 is 0. The highest BCUT2D eigenvalue weighted by molar-refractivity contribution is 6.26. The number of rotatable bonds is 7. The molecule has 0 fully saturated rings. The van der Waals surface area contributed by atoms with Crippen LogP contribution >= 0.6 is 0 Å². The van der Waals surface area contributed by atoms with Gasteiger partial charge in [-0.2, -0.15) is 0 Å². The number of anilines is 2. The van der Waals surface area contributed by atoms with Gasteiger partial charge in [-0.05, 0) is 61.0 Å². The number of para-hydroxylation sites is 2. The largest absolute Gasteiger partial charge is 0.309 e. The van der Waals surface area contributed by atoms with E-state index in [0.29, 0.717) is 35.0 Å². The Morgan fingerprint density at radius 3 is 2.14 bits per heavy atom. The quantitative estimate of drug-likeness (QED) is 0.241. The van der Waals surface area contributed by atoms with Crippen LogP contribution in [0.3, 0.4) is 0 Å². The van der Waals surface area contributed by atoms with Gasteiger partial charge in [0.1, 0.15) is 6.54 Å². The minimum absolute atomic E-state index is 0.0742. The maximum absolute atomic E-state index is 14.3. The number of hydrogen-bond acceptors (Lipinski definition) is 4. The number of unbranched alkanes of at least 4 members (excludes halogenated alkanes) is 1. The molecule has 4 amide bonds. The third-order valence-corrected chi connectivity index (χ3v) is 8.34. The Bertz CT molecular complexity index is 1650. The molecule has 0 aromatic heterocycles. The Hall–Kier alpha value is -4.78. The number of carbonyl (C=O) groups is 4. The predicted molar refractivity (Wildman–Crippen MR) is 164 cm³/mol. The van der Waals surface area contributed by atoms with E-state index in [-0.39, 0.29) is 17.9 Å². The summed E-state index contributed by atoms with van der Waals surface area (Å²) >= 11 is 0. The van der Waals surface area contributed by atoms with Crippen LogP contribution in [-0.2, 0) is 9.59 Å². The van der Waals surface area contributed by atoms with Gasteiger partial charge in [0.15, 0.2) is 0 Å². The molecule has 7 nitrogen and oxygen atoms in total. The lowest BCUT2D eigenvalue weighted by Crippen LogP contribution is -2.51. The van der Waals surface area contributed by atoms with Crippen molar-refractivity contribution in [2.75, 3.05) is 16.3 Å². The summed E-state index contributed by atoms with van der Waals surface area (Å²) in [6.07, 6.45) is 2.73. The minimum Gasteiger partial charge on any atom is -0.309 e. The molecule has 0 saturated heterocycles. The molecule has 7 heteroatoms. The molecule has 2 aliphatic rings. The fourth-order valence-electron chi connectivity index (χ4n) is 6.38. The van der Waals surface area contributed by atoms with Gasteiger partial charge in [0.2, 0.25) is 11.8 Å². The van der Waals surface area contributed by atoms with Crippen molar-refractivity contribution in [3.63, 3.8) is 0 Å². The number of amides is 4. The van der Waals surface area contributed by atoms with Crippen molar-refractivity contribution in [1.29, 1.82) is 0 Å². The topological polar surface area (TPSA) is 78.0 Å². The van der Waals surface area contributed by atoms with Gasteiger partial charge in [0, 0.05) is 40.4 Å². The predicted octanol–water partition coefficient (Wildman–Crippen LogP) is 6.53. The summed E-state index contributed by atoms with van der Waals surface area (Å²) in [4.78, 5) is 59.5. The van der Waals surface area contributed by atoms with Crippen LogP contribution in [0.15, 0.2) is 91.0 Å². The summed E-state index contributed by atoms with van der Waals surface area (Å²) in [6.45, 7) is 3.68. The highest BCUT2D eigenvalue weighted by Gasteiger charge is 2.40. The lowest BCUT2D eigenvalue weighted by molar-refractivity contribution is -0.119. The monoisotopic (exact) mass is 559 g/mol. The van der Waals surface area contributed by atoms with E-state index in [0.717, 1.165) is 34.4 Å². The Kier molecular flexibility index (Phi) is 7.33. The lowest BCUT2D eigenvalue weighted by Gasteiger charge is -2.44. The van der Waals surface area contributed by atoms with Crippen molar-refractivity contribution in [1.82, 2.24) is 4.90 Å². The SMILES string of the molecule is CCCCC(=O)N1c2ccccc2[C@@H](N(C(=O)CN2C(=O)c3cccc4cccc(c34)C2=O)c2ccccc2)C[C@@H]1C. The van der Waals surface area contributed by atoms with Crippen LogP contribution in [0.2, 0.25) is 0 Å². The zero-order chi connectivity index (χ0) is 29.4. The van der Waals surface area contributed by atoms with Gasteiger partial charge >= 0.3 is 0 Å². The zero-order valence-electron chi connectivity index (χ0n) is 23.8. The molecule has 0 aliphatic carbocycles. The van der Waals surface area contributed by atoms with E-state index < -0.39 is 24.4 Å². The van der Waals surface area contributed by atoms with E-state index in [1.165, 1.54) is 0 Å². The Labute approximate surface area is 245 Å². The van der Waals surface area contributed by atoms with Gasteiger partial charge in [-0.1, -0.05) is 74.0 Å². The van der Waals surface area contributed by atoms with Crippen LogP contribution < -0.4 is 9.80 Å². The fourth-order valence-corrected chi connectivity index (χ4v) is 6.38. The van der Waals surface area contributed by atoms with Crippen molar-refractivity contribution in [3.05, 3.63) is 108 Å². The first-order chi connectivity index (χ1) is 20.4. The zero-order valence-corrected chi connectivity index (χ0v) is 23.8. The average Bonchev–Trinajstić information content (AvgIpc) is 3.01. The van der Waals surface area contributed by atoms with Crippen LogP contribution in [-0.4, -0.2) is 41.1 Å². The first-order valence-electron chi connectivity index (χ1n) is 14.6. The van der Waals surface area contributed by atoms with E-state index in [2.05, 4.69) is 6.92 Å². The number of carbonyl (C=O) groups excluding carboxylic acids is 4. The molecule has 6 rings (SSSR count). The van der Waals surface area contributed by atoms with Gasteiger partial charge in [-0.3, -0.25) is 24.1 Å². The normalized spacial score (nSPS) is 17.8. The number of imide groups is 1. The van der Waals surface area contributed by atoms with Gasteiger partial charge in [-0.15, -0.1) is 0 Å². The molecule has 0 bridgehead atoms. The molecule has 0 radical (unpaired) electrons. The van der Waals surface area contributed by atoms with Crippen LogP contribution in [0.25, 0.3) is 10.8 Å². The molecule has 0 spiro atoms. The molecule has 42 heavy (non-hydrogen) atoms. The second kappa shape index (κ2) is 11.2. The number of benzene rings is 4. The van der Waals surface area contributed by atoms with Crippen LogP contribution in [0.1, 0.15) is 71.9 Å². The maximum atomic E-state index is 14.3. The van der Waals surface area contributed by atoms with Crippen LogP contribution in [0.4, 0.5) is 11.4 Å². The van der Waals surface area contributed by atoms with Gasteiger partial charge in [0.25, 0.3) is 11.8 Å². The second-order valence-corrected chi connectivity index (χ2v) is 11.0. The van der Waals surface area contributed by atoms with Crippen molar-refractivity contribution < 1.29 is 19.2 Å². The average molecular weight is 560 g/mol. The molecule has 212 valence electrons. The van der Waals surface area contributed by atoms with E-state index in [9.17, 15) is 19.2 Å². The van der Waals surface area contributed by atoms with Crippen molar-refractivity contribution in [3.8, 4) is 0 Å². The van der Waals surface area contributed by atoms with Gasteiger partial charge in [0.05, 0.1) is 6.04 Å². The molecule has 4 aromatic carbocycles. The van der Waals surface area contributed by atoms with Crippen LogP contribution in [0.5, 0.6) is 0 Å².